The zero-order valence-corrected chi connectivity index (χ0v) is 7.74. The molecule has 4 N–H and O–H groups in total. The lowest BCUT2D eigenvalue weighted by Gasteiger charge is -2.34. The fourth-order valence-corrected chi connectivity index (χ4v) is 1.32. The van der Waals surface area contributed by atoms with Crippen molar-refractivity contribution in [2.75, 3.05) is 6.61 Å². The van der Waals surface area contributed by atoms with E-state index >= 15 is 0 Å². The summed E-state index contributed by atoms with van der Waals surface area (Å²) in [6, 6.07) is 0. The lowest BCUT2D eigenvalue weighted by Crippen LogP contribution is -2.53. The number of aliphatic carboxylic acids is 1. The maximum atomic E-state index is 10.8. The van der Waals surface area contributed by atoms with Crippen LogP contribution in [0.25, 0.3) is 0 Å². The number of carboxylic acids is 1. The normalized spacial score (nSPS) is 36.2. The number of carboxylic acid groups (broad SMARTS) is 1. The third-order valence-corrected chi connectivity index (χ3v) is 2.23. The molecular formula is C8H12O7. The summed E-state index contributed by atoms with van der Waals surface area (Å²) in [6.07, 6.45) is -5.73. The largest absolute Gasteiger partial charge is 0.475 e. The molecule has 1 aliphatic rings. The number of carbonyl (C=O) groups excluding carboxylic acids is 1. The molecule has 1 saturated heterocycles. The zero-order chi connectivity index (χ0) is 11.6. The van der Waals surface area contributed by atoms with E-state index in [-0.39, 0.29) is 6.61 Å². The Morgan fingerprint density at radius 3 is 2.33 bits per heavy atom. The molecular weight excluding hydrogens is 208 g/mol. The quantitative estimate of drug-likeness (QED) is 0.388. The van der Waals surface area contributed by atoms with Gasteiger partial charge >= 0.3 is 5.97 Å². The second-order valence-electron chi connectivity index (χ2n) is 3.35. The standard InChI is InChI=1S/C8H12O7/c9-3(8(13)14)1-5-7(12)6(11)4(10)2-15-5/h4-7,10-12H,1-2H2,(H,13,14)/t4-,5?,6-,7-/m1/s1. The number of hydrogen-bond donors (Lipinski definition) is 4. The van der Waals surface area contributed by atoms with Gasteiger partial charge in [-0.1, -0.05) is 0 Å². The van der Waals surface area contributed by atoms with Gasteiger partial charge in [0.2, 0.25) is 5.78 Å². The second kappa shape index (κ2) is 4.67. The van der Waals surface area contributed by atoms with Gasteiger partial charge in [0.05, 0.1) is 12.7 Å². The van der Waals surface area contributed by atoms with Crippen LogP contribution in [0.5, 0.6) is 0 Å². The Balaban J connectivity index is 2.56. The maximum Gasteiger partial charge on any atom is 0.372 e. The van der Waals surface area contributed by atoms with Crippen molar-refractivity contribution < 1.29 is 34.8 Å². The van der Waals surface area contributed by atoms with Crippen LogP contribution in [0.2, 0.25) is 0 Å². The first-order valence-electron chi connectivity index (χ1n) is 4.35. The molecule has 1 heterocycles. The highest BCUT2D eigenvalue weighted by atomic mass is 16.5. The number of Topliss-reactive ketones (excluding diaryl/α,β-unsaturated/α-hetero) is 1. The van der Waals surface area contributed by atoms with Crippen molar-refractivity contribution in [3.8, 4) is 0 Å². The molecule has 1 rings (SSSR count). The summed E-state index contributed by atoms with van der Waals surface area (Å²) in [5.74, 6) is -2.73. The van der Waals surface area contributed by atoms with Gasteiger partial charge in [-0.2, -0.15) is 0 Å². The molecule has 7 nitrogen and oxygen atoms in total. The number of aliphatic hydroxyl groups is 3. The Kier molecular flexibility index (Phi) is 3.75. The van der Waals surface area contributed by atoms with Gasteiger partial charge in [-0.3, -0.25) is 4.79 Å². The van der Waals surface area contributed by atoms with Crippen molar-refractivity contribution in [2.45, 2.75) is 30.8 Å². The van der Waals surface area contributed by atoms with Gasteiger partial charge in [-0.15, -0.1) is 0 Å². The topological polar surface area (TPSA) is 124 Å². The van der Waals surface area contributed by atoms with Crippen LogP contribution < -0.4 is 0 Å². The van der Waals surface area contributed by atoms with Gasteiger partial charge in [-0.05, 0) is 0 Å². The summed E-state index contributed by atoms with van der Waals surface area (Å²) in [5, 5.41) is 36.0. The van der Waals surface area contributed by atoms with Crippen molar-refractivity contribution in [1.82, 2.24) is 0 Å². The van der Waals surface area contributed by atoms with Crippen molar-refractivity contribution in [3.05, 3.63) is 0 Å². The third-order valence-electron chi connectivity index (χ3n) is 2.23. The Morgan fingerprint density at radius 1 is 1.20 bits per heavy atom. The number of rotatable bonds is 3. The highest BCUT2D eigenvalue weighted by Crippen LogP contribution is 2.18. The number of carbonyl (C=O) groups is 2. The van der Waals surface area contributed by atoms with Crippen LogP contribution in [0, 0.1) is 0 Å². The molecule has 0 spiro atoms. The minimum Gasteiger partial charge on any atom is -0.475 e. The number of ketones is 1. The van der Waals surface area contributed by atoms with E-state index < -0.39 is 42.6 Å². The van der Waals surface area contributed by atoms with Gasteiger partial charge in [0.1, 0.15) is 18.3 Å². The van der Waals surface area contributed by atoms with Gasteiger partial charge in [0.25, 0.3) is 0 Å². The minimum atomic E-state index is -1.62. The molecule has 1 fully saturated rings. The third kappa shape index (κ3) is 2.72. The molecule has 7 heteroatoms. The summed E-state index contributed by atoms with van der Waals surface area (Å²) >= 11 is 0. The monoisotopic (exact) mass is 220 g/mol. The predicted molar refractivity (Wildman–Crippen MR) is 45.0 cm³/mol. The molecule has 0 radical (unpaired) electrons. The maximum absolute atomic E-state index is 10.8. The SMILES string of the molecule is O=C(O)C(=O)CC1OC[C@@H](O)[C@@H](O)[C@@H]1O. The van der Waals surface area contributed by atoms with Crippen molar-refractivity contribution >= 4 is 11.8 Å². The Labute approximate surface area is 84.9 Å². The van der Waals surface area contributed by atoms with Crippen LogP contribution in [0.4, 0.5) is 0 Å². The summed E-state index contributed by atoms with van der Waals surface area (Å²) in [7, 11) is 0. The summed E-state index contributed by atoms with van der Waals surface area (Å²) in [5.41, 5.74) is 0. The predicted octanol–water partition coefficient (Wildman–Crippen LogP) is -2.49. The van der Waals surface area contributed by atoms with E-state index in [9.17, 15) is 19.8 Å². The van der Waals surface area contributed by atoms with E-state index in [4.69, 9.17) is 14.9 Å². The smallest absolute Gasteiger partial charge is 0.372 e. The van der Waals surface area contributed by atoms with Crippen LogP contribution in [0.1, 0.15) is 6.42 Å². The molecule has 0 aromatic heterocycles. The number of ether oxygens (including phenoxy) is 1. The zero-order valence-electron chi connectivity index (χ0n) is 7.74. The van der Waals surface area contributed by atoms with Crippen LogP contribution >= 0.6 is 0 Å². The first-order valence-corrected chi connectivity index (χ1v) is 4.35. The molecule has 0 bridgehead atoms. The molecule has 0 saturated carbocycles. The fourth-order valence-electron chi connectivity index (χ4n) is 1.32. The molecule has 4 atom stereocenters. The summed E-state index contributed by atoms with van der Waals surface area (Å²) in [4.78, 5) is 21.0. The van der Waals surface area contributed by atoms with E-state index in [1.54, 1.807) is 0 Å². The molecule has 0 aromatic rings. The Morgan fingerprint density at radius 2 is 1.80 bits per heavy atom. The Hall–Kier alpha value is -1.02. The van der Waals surface area contributed by atoms with E-state index in [0.717, 1.165) is 0 Å². The molecule has 1 aliphatic heterocycles. The Bertz CT molecular complexity index is 264. The van der Waals surface area contributed by atoms with Crippen LogP contribution in [0.15, 0.2) is 0 Å². The highest BCUT2D eigenvalue weighted by molar-refractivity contribution is 6.32. The van der Waals surface area contributed by atoms with Crippen molar-refractivity contribution in [2.24, 2.45) is 0 Å². The van der Waals surface area contributed by atoms with Gasteiger partial charge < -0.3 is 25.2 Å². The summed E-state index contributed by atoms with van der Waals surface area (Å²) in [6.45, 7) is -0.240. The van der Waals surface area contributed by atoms with Crippen molar-refractivity contribution in [1.29, 1.82) is 0 Å². The first kappa shape index (κ1) is 12.1. The first-order chi connectivity index (χ1) is 6.93. The van der Waals surface area contributed by atoms with E-state index in [2.05, 4.69) is 0 Å². The lowest BCUT2D eigenvalue weighted by atomic mass is 9.96. The van der Waals surface area contributed by atoms with Crippen LogP contribution in [-0.4, -0.2) is 63.2 Å². The summed E-state index contributed by atoms with van der Waals surface area (Å²) < 4.78 is 4.85. The average molecular weight is 220 g/mol. The molecule has 15 heavy (non-hydrogen) atoms. The van der Waals surface area contributed by atoms with Crippen LogP contribution in [-0.2, 0) is 14.3 Å². The van der Waals surface area contributed by atoms with Crippen LogP contribution in [0.3, 0.4) is 0 Å². The van der Waals surface area contributed by atoms with Gasteiger partial charge in [0, 0.05) is 6.42 Å². The van der Waals surface area contributed by atoms with E-state index in [1.807, 2.05) is 0 Å². The molecule has 0 amide bonds. The second-order valence-corrected chi connectivity index (χ2v) is 3.35. The molecule has 1 unspecified atom stereocenters. The number of hydrogen-bond acceptors (Lipinski definition) is 6. The van der Waals surface area contributed by atoms with E-state index in [0.29, 0.717) is 0 Å². The van der Waals surface area contributed by atoms with Gasteiger partial charge in [0.15, 0.2) is 0 Å². The van der Waals surface area contributed by atoms with E-state index in [1.165, 1.54) is 0 Å². The fraction of sp³-hybridized carbons (Fsp3) is 0.750. The molecule has 86 valence electrons. The van der Waals surface area contributed by atoms with Gasteiger partial charge in [-0.25, -0.2) is 4.79 Å². The highest BCUT2D eigenvalue weighted by Gasteiger charge is 2.39. The molecule has 0 aromatic carbocycles. The minimum absolute atomic E-state index is 0.240. The molecule has 0 aliphatic carbocycles. The number of aliphatic hydroxyl groups excluding tert-OH is 3. The lowest BCUT2D eigenvalue weighted by molar-refractivity contribution is -0.190. The average Bonchev–Trinajstić information content (AvgIpc) is 2.18. The van der Waals surface area contributed by atoms with Crippen molar-refractivity contribution in [3.63, 3.8) is 0 Å².